The third-order valence-corrected chi connectivity index (χ3v) is 6.70. The quantitative estimate of drug-likeness (QED) is 0.160. The molecule has 0 saturated carbocycles. The molecule has 2 radical (unpaired) electrons. The van der Waals surface area contributed by atoms with E-state index < -0.39 is 55.2 Å². The lowest BCUT2D eigenvalue weighted by atomic mass is 10.2. The smallest absolute Gasteiger partial charge is 0.414 e. The van der Waals surface area contributed by atoms with Crippen LogP contribution in [-0.2, 0) is 32.8 Å². The number of rotatable bonds is 6. The summed E-state index contributed by atoms with van der Waals surface area (Å²) < 4.78 is 82.2. The SMILES string of the molecule is CCC.CS(=O)(=O)Cl.CS(=O)(=O)OC[C@H]1CN(c2ccc(Br)c(F)c2)C(=O)O1.O=C1O[C@@H](CO)CN1c1ccc(Br)c(F)c1.[B]I. The standard InChI is InChI=1S/C11H11BrFNO5S.C10H9BrFNO3.C3H8.CH3ClO2S.BI/c1-20(16,17)18-6-8-5-14(11(15)19-8)7-2-3-9(12)10(13)4-7;11-8-2-1-6(3-9(8)12)13-4-7(5-14)16-10(13)15;1-3-2;1-5(2,3)4;1-2/h2-4,8H,5-6H2,1H3;1-3,7,14H,4-5H2;3H2,1-2H3;1H3;/t8-;7-;;;/m11.../s1. The Labute approximate surface area is 303 Å². The normalized spacial score (nSPS) is 17.1. The van der Waals surface area contributed by atoms with Crippen LogP contribution in [0.1, 0.15) is 20.3 Å². The van der Waals surface area contributed by atoms with E-state index in [-0.39, 0.29) is 30.8 Å². The molecule has 0 unspecified atom stereocenters. The lowest BCUT2D eigenvalue weighted by Crippen LogP contribution is -2.26. The van der Waals surface area contributed by atoms with Crippen LogP contribution in [0.4, 0.5) is 29.7 Å². The second-order valence-electron chi connectivity index (χ2n) is 8.99. The fourth-order valence-corrected chi connectivity index (χ4v) is 4.04. The van der Waals surface area contributed by atoms with Gasteiger partial charge in [-0.1, -0.05) is 20.3 Å². The molecule has 12 nitrogen and oxygen atoms in total. The molecule has 1 N–H and O–H groups in total. The topological polar surface area (TPSA) is 157 Å². The van der Waals surface area contributed by atoms with Gasteiger partial charge in [0.15, 0.2) is 5.70 Å². The highest BCUT2D eigenvalue weighted by molar-refractivity contribution is 14.1. The van der Waals surface area contributed by atoms with Crippen LogP contribution in [0.25, 0.3) is 0 Å². The lowest BCUT2D eigenvalue weighted by molar-refractivity contribution is 0.0963. The number of cyclic esters (lactones) is 2. The minimum Gasteiger partial charge on any atom is -0.441 e. The molecule has 2 aromatic rings. The molecule has 2 aliphatic rings. The number of carbonyl (C=O) groups excluding carboxylic acids is 2. The molecule has 2 fully saturated rings. The highest BCUT2D eigenvalue weighted by Gasteiger charge is 2.34. The zero-order chi connectivity index (χ0) is 35.8. The third kappa shape index (κ3) is 17.7. The number of hydrogen-bond donors (Lipinski definition) is 1. The van der Waals surface area contributed by atoms with E-state index in [0.29, 0.717) is 15.8 Å². The predicted molar refractivity (Wildman–Crippen MR) is 188 cm³/mol. The molecular formula is C25H31BBr2ClF2IN2O10S2. The van der Waals surface area contributed by atoms with Gasteiger partial charge in [0.1, 0.15) is 30.4 Å². The Morgan fingerprint density at radius 2 is 1.26 bits per heavy atom. The Balaban J connectivity index is 0.000000694. The number of amides is 2. The maximum absolute atomic E-state index is 13.4. The van der Waals surface area contributed by atoms with Crippen LogP contribution >= 0.6 is 64.9 Å². The molecular weight excluding hydrogens is 923 g/mol. The van der Waals surface area contributed by atoms with Crippen molar-refractivity contribution in [1.82, 2.24) is 0 Å². The van der Waals surface area contributed by atoms with Crippen molar-refractivity contribution in [2.45, 2.75) is 32.5 Å². The molecule has 0 bridgehead atoms. The van der Waals surface area contributed by atoms with Crippen molar-refractivity contribution in [3.8, 4) is 0 Å². The van der Waals surface area contributed by atoms with E-state index in [0.717, 1.165) is 12.5 Å². The number of hydrogen-bond acceptors (Lipinski definition) is 10. The van der Waals surface area contributed by atoms with E-state index in [9.17, 15) is 35.2 Å². The van der Waals surface area contributed by atoms with Gasteiger partial charge >= 0.3 is 12.2 Å². The van der Waals surface area contributed by atoms with Crippen LogP contribution in [0.5, 0.6) is 0 Å². The average Bonchev–Trinajstić information content (AvgIpc) is 3.53. The Hall–Kier alpha value is -1.30. The molecule has 0 spiro atoms. The molecule has 0 aromatic heterocycles. The van der Waals surface area contributed by atoms with E-state index in [1.807, 2.05) is 0 Å². The van der Waals surface area contributed by atoms with Crippen LogP contribution in [-0.4, -0.2) is 90.9 Å². The fraction of sp³-hybridized carbons (Fsp3) is 0.440. The van der Waals surface area contributed by atoms with E-state index in [1.165, 1.54) is 40.5 Å². The Bertz CT molecular complexity index is 1510. The molecule has 2 atom stereocenters. The number of carbonyl (C=O) groups is 2. The summed E-state index contributed by atoms with van der Waals surface area (Å²) in [6.07, 6.45) is 0.581. The molecule has 2 aliphatic heterocycles. The van der Waals surface area contributed by atoms with Crippen molar-refractivity contribution in [2.24, 2.45) is 0 Å². The van der Waals surface area contributed by atoms with Gasteiger partial charge in [0.05, 0.1) is 52.5 Å². The molecule has 0 aliphatic carbocycles. The minimum atomic E-state index is -3.60. The first-order valence-electron chi connectivity index (χ1n) is 12.7. The number of benzene rings is 2. The first kappa shape index (κ1) is 44.7. The van der Waals surface area contributed by atoms with Crippen LogP contribution in [0, 0.1) is 11.6 Å². The van der Waals surface area contributed by atoms with Crippen LogP contribution in [0.2, 0.25) is 0 Å². The summed E-state index contributed by atoms with van der Waals surface area (Å²) in [7, 11) is -2.29. The van der Waals surface area contributed by atoms with Crippen molar-refractivity contribution < 1.29 is 54.0 Å². The first-order chi connectivity index (χ1) is 21.3. The highest BCUT2D eigenvalue weighted by atomic mass is 127. The summed E-state index contributed by atoms with van der Waals surface area (Å²) in [5.41, 5.74) is 5.22. The highest BCUT2D eigenvalue weighted by Crippen LogP contribution is 2.27. The number of halogens is 6. The van der Waals surface area contributed by atoms with Gasteiger partial charge in [-0.25, -0.2) is 26.8 Å². The van der Waals surface area contributed by atoms with Gasteiger partial charge < -0.3 is 14.6 Å². The van der Waals surface area contributed by atoms with E-state index in [1.54, 1.807) is 34.5 Å². The number of ether oxygens (including phenoxy) is 2. The monoisotopic (exact) mass is 952 g/mol. The predicted octanol–water partition coefficient (Wildman–Crippen LogP) is 5.90. The Kier molecular flexibility index (Phi) is 21.0. The van der Waals surface area contributed by atoms with Gasteiger partial charge in [0, 0.05) is 10.7 Å². The van der Waals surface area contributed by atoms with Crippen LogP contribution in [0.3, 0.4) is 0 Å². The fourth-order valence-electron chi connectivity index (χ4n) is 3.15. The van der Waals surface area contributed by atoms with E-state index >= 15 is 0 Å². The largest absolute Gasteiger partial charge is 0.441 e. The van der Waals surface area contributed by atoms with Gasteiger partial charge in [-0.2, -0.15) is 30.8 Å². The molecule has 2 amide bonds. The van der Waals surface area contributed by atoms with E-state index in [4.69, 9.17) is 14.6 Å². The summed E-state index contributed by atoms with van der Waals surface area (Å²) >= 11 is 7.69. The average molecular weight is 955 g/mol. The molecule has 46 heavy (non-hydrogen) atoms. The van der Waals surface area contributed by atoms with Gasteiger partial charge in [-0.3, -0.25) is 14.0 Å². The van der Waals surface area contributed by atoms with Crippen molar-refractivity contribution in [3.63, 3.8) is 0 Å². The zero-order valence-corrected chi connectivity index (χ0v) is 32.6. The summed E-state index contributed by atoms with van der Waals surface area (Å²) in [5.74, 6) is -0.955. The molecule has 2 saturated heterocycles. The van der Waals surface area contributed by atoms with Gasteiger partial charge in [-0.15, -0.1) is 0 Å². The number of aliphatic hydroxyl groups is 1. The summed E-state index contributed by atoms with van der Waals surface area (Å²) in [6, 6.07) is 8.57. The maximum Gasteiger partial charge on any atom is 0.414 e. The van der Waals surface area contributed by atoms with Crippen LogP contribution in [0.15, 0.2) is 45.3 Å². The Morgan fingerprint density at radius 3 is 1.57 bits per heavy atom. The summed E-state index contributed by atoms with van der Waals surface area (Å²) in [6.45, 7) is 4.08. The zero-order valence-electron chi connectivity index (χ0n) is 24.8. The van der Waals surface area contributed by atoms with Gasteiger partial charge in [0.25, 0.3) is 10.1 Å². The molecule has 2 heterocycles. The molecule has 258 valence electrons. The summed E-state index contributed by atoms with van der Waals surface area (Å²) in [4.78, 5) is 25.6. The second kappa shape index (κ2) is 21.6. The first-order valence-corrected chi connectivity index (χ1v) is 20.1. The number of anilines is 2. The van der Waals surface area contributed by atoms with Gasteiger partial charge in [-0.05, 0) is 68.3 Å². The van der Waals surface area contributed by atoms with Crippen molar-refractivity contribution in [1.29, 1.82) is 0 Å². The number of nitrogens with zero attached hydrogens (tertiary/aromatic N) is 2. The van der Waals surface area contributed by atoms with Crippen molar-refractivity contribution in [2.75, 3.05) is 48.6 Å². The molecule has 4 rings (SSSR count). The Morgan fingerprint density at radius 1 is 0.913 bits per heavy atom. The second-order valence-corrected chi connectivity index (χ2v) is 15.4. The van der Waals surface area contributed by atoms with E-state index in [2.05, 4.69) is 66.3 Å². The van der Waals surface area contributed by atoms with Crippen molar-refractivity contribution >= 4 is 113 Å². The van der Waals surface area contributed by atoms with Gasteiger partial charge in [0.2, 0.25) is 9.05 Å². The lowest BCUT2D eigenvalue weighted by Gasteiger charge is -2.13. The number of aliphatic hydroxyl groups excluding tert-OH is 1. The van der Waals surface area contributed by atoms with Crippen LogP contribution < -0.4 is 9.80 Å². The molecule has 2 aromatic carbocycles. The van der Waals surface area contributed by atoms with Crippen molar-refractivity contribution in [3.05, 3.63) is 57.0 Å². The maximum atomic E-state index is 13.4. The third-order valence-electron chi connectivity index (χ3n) is 4.85. The summed E-state index contributed by atoms with van der Waals surface area (Å²) in [5, 5.41) is 8.86. The minimum absolute atomic E-state index is 0.0927. The molecule has 21 heteroatoms.